The fourth-order valence-electron chi connectivity index (χ4n) is 2.17. The molecule has 2 aromatic rings. The third-order valence-corrected chi connectivity index (χ3v) is 3.02. The topological polar surface area (TPSA) is 59.9 Å². The van der Waals surface area contributed by atoms with Crippen LogP contribution in [0.3, 0.4) is 0 Å². The predicted octanol–water partition coefficient (Wildman–Crippen LogP) is 3.10. The number of rotatable bonds is 5. The van der Waals surface area contributed by atoms with Crippen LogP contribution in [0, 0.1) is 0 Å². The molecule has 0 radical (unpaired) electrons. The van der Waals surface area contributed by atoms with Crippen molar-refractivity contribution in [2.24, 2.45) is 0 Å². The zero-order valence-electron chi connectivity index (χ0n) is 12.3. The standard InChI is InChI=1S/C15H20N4O/c1-5-16-15-12(10(2)3)14(18-9-19-15)13-11(20-4)7-6-8-17-13/h6-10H,5H2,1-4H3,(H,16,18,19). The van der Waals surface area contributed by atoms with E-state index < -0.39 is 0 Å². The first-order valence-electron chi connectivity index (χ1n) is 6.77. The largest absolute Gasteiger partial charge is 0.494 e. The number of pyridine rings is 1. The summed E-state index contributed by atoms with van der Waals surface area (Å²) in [7, 11) is 1.64. The SMILES string of the molecule is CCNc1ncnc(-c2ncccc2OC)c1C(C)C. The van der Waals surface area contributed by atoms with Crippen LogP contribution in [-0.2, 0) is 0 Å². The molecule has 0 atom stereocenters. The van der Waals surface area contributed by atoms with Gasteiger partial charge in [-0.25, -0.2) is 9.97 Å². The average Bonchev–Trinajstić information content (AvgIpc) is 2.47. The highest BCUT2D eigenvalue weighted by atomic mass is 16.5. The molecule has 0 bridgehead atoms. The highest BCUT2D eigenvalue weighted by Gasteiger charge is 2.19. The average molecular weight is 272 g/mol. The lowest BCUT2D eigenvalue weighted by Gasteiger charge is -2.17. The Morgan fingerprint density at radius 1 is 1.20 bits per heavy atom. The van der Waals surface area contributed by atoms with Crippen molar-refractivity contribution in [3.05, 3.63) is 30.2 Å². The molecule has 0 aliphatic carbocycles. The van der Waals surface area contributed by atoms with Crippen LogP contribution in [-0.4, -0.2) is 28.6 Å². The number of ether oxygens (including phenoxy) is 1. The van der Waals surface area contributed by atoms with Gasteiger partial charge in [0.15, 0.2) is 0 Å². The van der Waals surface area contributed by atoms with Gasteiger partial charge in [0.25, 0.3) is 0 Å². The lowest BCUT2D eigenvalue weighted by Crippen LogP contribution is -2.08. The maximum absolute atomic E-state index is 5.39. The van der Waals surface area contributed by atoms with Crippen LogP contribution in [0.4, 0.5) is 5.82 Å². The van der Waals surface area contributed by atoms with E-state index in [9.17, 15) is 0 Å². The summed E-state index contributed by atoms with van der Waals surface area (Å²) in [5.74, 6) is 1.86. The van der Waals surface area contributed by atoms with Gasteiger partial charge in [-0.2, -0.15) is 0 Å². The van der Waals surface area contributed by atoms with E-state index in [0.717, 1.165) is 35.1 Å². The molecule has 0 unspecified atom stereocenters. The minimum Gasteiger partial charge on any atom is -0.494 e. The molecule has 5 nitrogen and oxygen atoms in total. The van der Waals surface area contributed by atoms with Crippen LogP contribution in [0.25, 0.3) is 11.4 Å². The highest BCUT2D eigenvalue weighted by Crippen LogP contribution is 2.34. The lowest BCUT2D eigenvalue weighted by molar-refractivity contribution is 0.414. The van der Waals surface area contributed by atoms with E-state index in [1.54, 1.807) is 19.6 Å². The second-order valence-electron chi connectivity index (χ2n) is 4.72. The summed E-state index contributed by atoms with van der Waals surface area (Å²) < 4.78 is 5.39. The fourth-order valence-corrected chi connectivity index (χ4v) is 2.17. The molecule has 0 fully saturated rings. The number of aromatic nitrogens is 3. The van der Waals surface area contributed by atoms with Gasteiger partial charge >= 0.3 is 0 Å². The molecule has 0 saturated heterocycles. The Morgan fingerprint density at radius 3 is 2.65 bits per heavy atom. The summed E-state index contributed by atoms with van der Waals surface area (Å²) in [5.41, 5.74) is 2.63. The van der Waals surface area contributed by atoms with Crippen molar-refractivity contribution in [3.8, 4) is 17.1 Å². The van der Waals surface area contributed by atoms with Crippen molar-refractivity contribution >= 4 is 5.82 Å². The van der Waals surface area contributed by atoms with Gasteiger partial charge in [0, 0.05) is 18.3 Å². The number of nitrogens with one attached hydrogen (secondary N) is 1. The third-order valence-electron chi connectivity index (χ3n) is 3.02. The molecule has 5 heteroatoms. The Labute approximate surface area is 119 Å². The van der Waals surface area contributed by atoms with Crippen molar-refractivity contribution in [3.63, 3.8) is 0 Å². The van der Waals surface area contributed by atoms with Gasteiger partial charge in [-0.05, 0) is 25.0 Å². The summed E-state index contributed by atoms with van der Waals surface area (Å²) >= 11 is 0. The summed E-state index contributed by atoms with van der Waals surface area (Å²) in [4.78, 5) is 13.2. The number of nitrogens with zero attached hydrogens (tertiary/aromatic N) is 3. The summed E-state index contributed by atoms with van der Waals surface area (Å²) in [5, 5.41) is 3.29. The van der Waals surface area contributed by atoms with E-state index in [2.05, 4.69) is 34.1 Å². The molecular weight excluding hydrogens is 252 g/mol. The summed E-state index contributed by atoms with van der Waals surface area (Å²) in [6.07, 6.45) is 3.31. The molecule has 1 N–H and O–H groups in total. The number of anilines is 1. The maximum atomic E-state index is 5.39. The molecular formula is C15H20N4O. The van der Waals surface area contributed by atoms with Gasteiger partial charge in [0.1, 0.15) is 29.3 Å². The molecule has 2 rings (SSSR count). The van der Waals surface area contributed by atoms with E-state index in [1.807, 2.05) is 19.1 Å². The molecule has 0 spiro atoms. The molecule has 20 heavy (non-hydrogen) atoms. The van der Waals surface area contributed by atoms with Gasteiger partial charge in [0.2, 0.25) is 0 Å². The molecule has 2 heterocycles. The summed E-state index contributed by atoms with van der Waals surface area (Å²) in [6, 6.07) is 3.74. The maximum Gasteiger partial charge on any atom is 0.146 e. The van der Waals surface area contributed by atoms with E-state index in [1.165, 1.54) is 0 Å². The fraction of sp³-hybridized carbons (Fsp3) is 0.400. The van der Waals surface area contributed by atoms with Gasteiger partial charge in [0.05, 0.1) is 7.11 Å². The lowest BCUT2D eigenvalue weighted by atomic mass is 9.99. The van der Waals surface area contributed by atoms with Gasteiger partial charge in [-0.3, -0.25) is 4.98 Å². The Hall–Kier alpha value is -2.17. The van der Waals surface area contributed by atoms with E-state index >= 15 is 0 Å². The predicted molar refractivity (Wildman–Crippen MR) is 80.1 cm³/mol. The molecule has 106 valence electrons. The smallest absolute Gasteiger partial charge is 0.146 e. The van der Waals surface area contributed by atoms with Crippen LogP contribution in [0.2, 0.25) is 0 Å². The minimum atomic E-state index is 0.284. The molecule has 2 aromatic heterocycles. The molecule has 0 amide bonds. The zero-order chi connectivity index (χ0) is 14.5. The number of hydrogen-bond donors (Lipinski definition) is 1. The van der Waals surface area contributed by atoms with Crippen LogP contribution in [0.1, 0.15) is 32.3 Å². The second kappa shape index (κ2) is 6.32. The summed E-state index contributed by atoms with van der Waals surface area (Å²) in [6.45, 7) is 7.11. The molecule has 0 saturated carbocycles. The van der Waals surface area contributed by atoms with Gasteiger partial charge in [-0.1, -0.05) is 13.8 Å². The first-order chi connectivity index (χ1) is 9.69. The van der Waals surface area contributed by atoms with E-state index in [4.69, 9.17) is 4.74 Å². The van der Waals surface area contributed by atoms with Crippen LogP contribution < -0.4 is 10.1 Å². The Bertz CT molecular complexity index is 584. The zero-order valence-corrected chi connectivity index (χ0v) is 12.3. The number of hydrogen-bond acceptors (Lipinski definition) is 5. The normalized spacial score (nSPS) is 10.7. The molecule has 0 aliphatic heterocycles. The van der Waals surface area contributed by atoms with Crippen molar-refractivity contribution < 1.29 is 4.74 Å². The minimum absolute atomic E-state index is 0.284. The first kappa shape index (κ1) is 14.2. The van der Waals surface area contributed by atoms with Crippen molar-refractivity contribution in [1.29, 1.82) is 0 Å². The molecule has 0 aliphatic rings. The second-order valence-corrected chi connectivity index (χ2v) is 4.72. The highest BCUT2D eigenvalue weighted by molar-refractivity contribution is 5.70. The van der Waals surface area contributed by atoms with Crippen molar-refractivity contribution in [2.45, 2.75) is 26.7 Å². The van der Waals surface area contributed by atoms with E-state index in [0.29, 0.717) is 0 Å². The quantitative estimate of drug-likeness (QED) is 0.906. The van der Waals surface area contributed by atoms with Crippen LogP contribution >= 0.6 is 0 Å². The van der Waals surface area contributed by atoms with Crippen molar-refractivity contribution in [1.82, 2.24) is 15.0 Å². The van der Waals surface area contributed by atoms with Gasteiger partial charge < -0.3 is 10.1 Å². The van der Waals surface area contributed by atoms with Crippen molar-refractivity contribution in [2.75, 3.05) is 19.0 Å². The van der Waals surface area contributed by atoms with Crippen LogP contribution in [0.5, 0.6) is 5.75 Å². The Kier molecular flexibility index (Phi) is 4.50. The Balaban J connectivity index is 2.64. The van der Waals surface area contributed by atoms with E-state index in [-0.39, 0.29) is 5.92 Å². The van der Waals surface area contributed by atoms with Gasteiger partial charge in [-0.15, -0.1) is 0 Å². The van der Waals surface area contributed by atoms with Crippen LogP contribution in [0.15, 0.2) is 24.7 Å². The first-order valence-corrected chi connectivity index (χ1v) is 6.77. The number of methoxy groups -OCH3 is 1. The monoisotopic (exact) mass is 272 g/mol. The Morgan fingerprint density at radius 2 is 2.00 bits per heavy atom. The third kappa shape index (κ3) is 2.71. The molecule has 0 aromatic carbocycles.